The molecule has 58 heavy (non-hydrogen) atoms. The number of phosphoric ester groups is 1. The first kappa shape index (κ1) is 57.0. The van der Waals surface area contributed by atoms with Crippen molar-refractivity contribution in [3.63, 3.8) is 0 Å². The summed E-state index contributed by atoms with van der Waals surface area (Å²) in [4.78, 5) is 33.6. The molecular weight excluding hydrogens is 753 g/mol. The zero-order valence-corrected chi connectivity index (χ0v) is 38.8. The minimum Gasteiger partial charge on any atom is -0.480 e. The molecule has 0 rings (SSSR count). The van der Waals surface area contributed by atoms with Crippen LogP contribution in [0.5, 0.6) is 0 Å². The molecule has 0 bridgehead atoms. The van der Waals surface area contributed by atoms with Crippen LogP contribution in [0.3, 0.4) is 0 Å². The first-order valence-electron chi connectivity index (χ1n) is 24.6. The summed E-state index contributed by atoms with van der Waals surface area (Å²) < 4.78 is 33.5. The molecule has 0 aromatic rings. The third-order valence-corrected chi connectivity index (χ3v) is 12.1. The number of carbonyl (C=O) groups excluding carboxylic acids is 1. The molecular formula is C47H94NO9P. The Bertz CT molecular complexity index is 940. The molecule has 0 aromatic heterocycles. The second kappa shape index (κ2) is 44.0. The molecule has 0 aliphatic carbocycles. The SMILES string of the molecule is CCCCCCCCCCCCCCCCCCCCCCCC(=O)OC(COCCCCCCCCCCCCCCCCC)COP(=O)(O)OCC(N)C(=O)O. The van der Waals surface area contributed by atoms with Gasteiger partial charge in [-0.2, -0.15) is 0 Å². The van der Waals surface area contributed by atoms with Crippen LogP contribution in [0.25, 0.3) is 0 Å². The summed E-state index contributed by atoms with van der Waals surface area (Å²) in [6.45, 7) is 3.95. The summed E-state index contributed by atoms with van der Waals surface area (Å²) in [7, 11) is -4.61. The van der Waals surface area contributed by atoms with Gasteiger partial charge in [-0.1, -0.05) is 232 Å². The van der Waals surface area contributed by atoms with E-state index in [0.29, 0.717) is 6.61 Å². The quantitative estimate of drug-likeness (QED) is 0.0306. The minimum atomic E-state index is -4.61. The molecule has 346 valence electrons. The van der Waals surface area contributed by atoms with Crippen LogP contribution in [-0.4, -0.2) is 60.5 Å². The van der Waals surface area contributed by atoms with E-state index >= 15 is 0 Å². The van der Waals surface area contributed by atoms with Crippen molar-refractivity contribution in [1.29, 1.82) is 0 Å². The highest BCUT2D eigenvalue weighted by Gasteiger charge is 2.27. The molecule has 0 amide bonds. The van der Waals surface area contributed by atoms with Crippen molar-refractivity contribution in [2.75, 3.05) is 26.4 Å². The van der Waals surface area contributed by atoms with Crippen molar-refractivity contribution in [3.05, 3.63) is 0 Å². The lowest BCUT2D eigenvalue weighted by molar-refractivity contribution is -0.154. The molecule has 0 spiro atoms. The Morgan fingerprint density at radius 2 is 0.793 bits per heavy atom. The maximum absolute atomic E-state index is 12.7. The number of hydrogen-bond acceptors (Lipinski definition) is 8. The second-order valence-electron chi connectivity index (χ2n) is 17.0. The lowest BCUT2D eigenvalue weighted by Crippen LogP contribution is -2.34. The Morgan fingerprint density at radius 1 is 0.483 bits per heavy atom. The Hall–Kier alpha value is -1.03. The number of nitrogens with two attached hydrogens (primary N) is 1. The van der Waals surface area contributed by atoms with Crippen LogP contribution < -0.4 is 5.73 Å². The number of ether oxygens (including phenoxy) is 2. The number of aliphatic carboxylic acids is 1. The molecule has 0 radical (unpaired) electrons. The summed E-state index contributed by atoms with van der Waals surface area (Å²) in [6.07, 6.45) is 45.8. The Kier molecular flexibility index (Phi) is 43.3. The highest BCUT2D eigenvalue weighted by atomic mass is 31.2. The number of carboxylic acid groups (broad SMARTS) is 1. The molecule has 4 N–H and O–H groups in total. The standard InChI is InChI=1S/C47H94NO9P/c1-3-5-7-9-11-13-15-17-19-20-21-22-23-24-25-27-29-31-33-35-37-39-46(49)57-44(42-55-58(52,53)56-43-45(48)47(50)51)41-54-40-38-36-34-32-30-28-26-18-16-14-12-10-8-6-4-2/h44-45H,3-43,48H2,1-2H3,(H,50,51)(H,52,53). The topological polar surface area (TPSA) is 155 Å². The summed E-state index contributed by atoms with van der Waals surface area (Å²) in [5.74, 6) is -1.76. The molecule has 0 heterocycles. The van der Waals surface area contributed by atoms with Crippen molar-refractivity contribution < 1.29 is 42.7 Å². The van der Waals surface area contributed by atoms with E-state index in [-0.39, 0.29) is 13.0 Å². The molecule has 0 aromatic carbocycles. The zero-order valence-electron chi connectivity index (χ0n) is 37.9. The van der Waals surface area contributed by atoms with Crippen LogP contribution in [0, 0.1) is 0 Å². The fraction of sp³-hybridized carbons (Fsp3) is 0.957. The third-order valence-electron chi connectivity index (χ3n) is 11.1. The molecule has 3 atom stereocenters. The van der Waals surface area contributed by atoms with Gasteiger partial charge in [0, 0.05) is 13.0 Å². The van der Waals surface area contributed by atoms with Gasteiger partial charge in [-0.3, -0.25) is 18.6 Å². The van der Waals surface area contributed by atoms with Gasteiger partial charge in [0.1, 0.15) is 12.1 Å². The van der Waals surface area contributed by atoms with Crippen molar-refractivity contribution in [2.24, 2.45) is 5.73 Å². The van der Waals surface area contributed by atoms with Crippen LogP contribution >= 0.6 is 7.82 Å². The van der Waals surface area contributed by atoms with Crippen LogP contribution in [0.2, 0.25) is 0 Å². The van der Waals surface area contributed by atoms with Crippen molar-refractivity contribution in [3.8, 4) is 0 Å². The number of carboxylic acids is 1. The van der Waals surface area contributed by atoms with Gasteiger partial charge in [0.25, 0.3) is 0 Å². The van der Waals surface area contributed by atoms with Crippen LogP contribution in [-0.2, 0) is 32.7 Å². The highest BCUT2D eigenvalue weighted by Crippen LogP contribution is 2.43. The van der Waals surface area contributed by atoms with Gasteiger partial charge in [-0.15, -0.1) is 0 Å². The van der Waals surface area contributed by atoms with Crippen LogP contribution in [0.4, 0.5) is 0 Å². The summed E-state index contributed by atoms with van der Waals surface area (Å²) in [5, 5.41) is 8.91. The monoisotopic (exact) mass is 848 g/mol. The lowest BCUT2D eigenvalue weighted by Gasteiger charge is -2.20. The maximum Gasteiger partial charge on any atom is 0.472 e. The Labute approximate surface area is 357 Å². The van der Waals surface area contributed by atoms with E-state index in [1.165, 1.54) is 193 Å². The van der Waals surface area contributed by atoms with Crippen LogP contribution in [0.1, 0.15) is 251 Å². The smallest absolute Gasteiger partial charge is 0.472 e. The van der Waals surface area contributed by atoms with E-state index in [1.807, 2.05) is 0 Å². The second-order valence-corrected chi connectivity index (χ2v) is 18.4. The van der Waals surface area contributed by atoms with E-state index in [0.717, 1.165) is 38.5 Å². The summed E-state index contributed by atoms with van der Waals surface area (Å²) in [5.41, 5.74) is 5.37. The van der Waals surface area contributed by atoms with E-state index in [1.54, 1.807) is 0 Å². The molecule has 0 saturated carbocycles. The third kappa shape index (κ3) is 43.1. The fourth-order valence-electron chi connectivity index (χ4n) is 7.31. The Balaban J connectivity index is 4.09. The normalized spacial score (nSPS) is 13.7. The van der Waals surface area contributed by atoms with E-state index in [4.69, 9.17) is 29.4 Å². The van der Waals surface area contributed by atoms with Gasteiger partial charge in [0.2, 0.25) is 0 Å². The predicted octanol–water partition coefficient (Wildman–Crippen LogP) is 13.9. The molecule has 11 heteroatoms. The van der Waals surface area contributed by atoms with Gasteiger partial charge in [0.15, 0.2) is 0 Å². The average molecular weight is 848 g/mol. The maximum atomic E-state index is 12.7. The summed E-state index contributed by atoms with van der Waals surface area (Å²) >= 11 is 0. The van der Waals surface area contributed by atoms with Gasteiger partial charge < -0.3 is 25.2 Å². The molecule has 10 nitrogen and oxygen atoms in total. The number of esters is 1. The molecule has 0 aliphatic rings. The fourth-order valence-corrected chi connectivity index (χ4v) is 8.09. The lowest BCUT2D eigenvalue weighted by atomic mass is 10.0. The van der Waals surface area contributed by atoms with Crippen molar-refractivity contribution in [1.82, 2.24) is 0 Å². The first-order valence-corrected chi connectivity index (χ1v) is 26.1. The highest BCUT2D eigenvalue weighted by molar-refractivity contribution is 7.47. The number of unbranched alkanes of at least 4 members (excludes halogenated alkanes) is 34. The van der Waals surface area contributed by atoms with E-state index in [9.17, 15) is 19.0 Å². The largest absolute Gasteiger partial charge is 0.480 e. The van der Waals surface area contributed by atoms with E-state index in [2.05, 4.69) is 13.8 Å². The average Bonchev–Trinajstić information content (AvgIpc) is 3.20. The number of hydrogen-bond donors (Lipinski definition) is 3. The molecule has 0 fully saturated rings. The van der Waals surface area contributed by atoms with Crippen LogP contribution in [0.15, 0.2) is 0 Å². The van der Waals surface area contributed by atoms with Gasteiger partial charge in [-0.05, 0) is 12.8 Å². The predicted molar refractivity (Wildman–Crippen MR) is 240 cm³/mol. The van der Waals surface area contributed by atoms with E-state index < -0.39 is 45.1 Å². The number of carbonyl (C=O) groups is 2. The number of rotatable bonds is 48. The first-order chi connectivity index (χ1) is 28.2. The van der Waals surface area contributed by atoms with Crippen molar-refractivity contribution in [2.45, 2.75) is 264 Å². The van der Waals surface area contributed by atoms with Crippen molar-refractivity contribution >= 4 is 19.8 Å². The molecule has 3 unspecified atom stereocenters. The van der Waals surface area contributed by atoms with Gasteiger partial charge in [-0.25, -0.2) is 4.57 Å². The zero-order chi connectivity index (χ0) is 42.6. The minimum absolute atomic E-state index is 0.0261. The number of phosphoric acid groups is 1. The molecule has 0 saturated heterocycles. The van der Waals surface area contributed by atoms with Gasteiger partial charge in [0.05, 0.1) is 19.8 Å². The Morgan fingerprint density at radius 3 is 1.14 bits per heavy atom. The van der Waals surface area contributed by atoms with Gasteiger partial charge >= 0.3 is 19.8 Å². The molecule has 0 aliphatic heterocycles. The summed E-state index contributed by atoms with van der Waals surface area (Å²) in [6, 6.07) is -1.47.